The third kappa shape index (κ3) is 4.62. The van der Waals surface area contributed by atoms with Gasteiger partial charge in [0.15, 0.2) is 5.60 Å². The molecule has 0 aliphatic carbocycles. The Hall–Kier alpha value is -2.69. The maximum absolute atomic E-state index is 14.0. The number of alkyl halides is 2. The zero-order valence-electron chi connectivity index (χ0n) is 19.6. The van der Waals surface area contributed by atoms with Crippen LogP contribution in [0.1, 0.15) is 54.0 Å². The van der Waals surface area contributed by atoms with Gasteiger partial charge in [-0.05, 0) is 25.5 Å². The highest BCUT2D eigenvalue weighted by Crippen LogP contribution is 2.35. The van der Waals surface area contributed by atoms with Crippen LogP contribution in [0.25, 0.3) is 0 Å². The predicted molar refractivity (Wildman–Crippen MR) is 120 cm³/mol. The molecular formula is C24H30F2N4O4. The van der Waals surface area contributed by atoms with Crippen molar-refractivity contribution < 1.29 is 28.2 Å². The second-order valence-corrected chi connectivity index (χ2v) is 8.87. The number of rotatable bonds is 7. The first-order valence-electron chi connectivity index (χ1n) is 11.3. The molecule has 0 spiro atoms. The Kier molecular flexibility index (Phi) is 6.84. The summed E-state index contributed by atoms with van der Waals surface area (Å²) in [7, 11) is 1.56. The van der Waals surface area contributed by atoms with Crippen molar-refractivity contribution in [3.8, 4) is 0 Å². The van der Waals surface area contributed by atoms with Crippen LogP contribution >= 0.6 is 0 Å². The summed E-state index contributed by atoms with van der Waals surface area (Å²) < 4.78 is 39.0. The molecule has 1 aromatic carbocycles. The molecule has 1 amide bonds. The molecule has 8 nitrogen and oxygen atoms in total. The molecule has 0 radical (unpaired) electrons. The van der Waals surface area contributed by atoms with Crippen molar-refractivity contribution in [1.82, 2.24) is 14.9 Å². The number of nitrogens with one attached hydrogen (secondary N) is 1. The van der Waals surface area contributed by atoms with Crippen molar-refractivity contribution in [3.05, 3.63) is 52.5 Å². The van der Waals surface area contributed by atoms with Gasteiger partial charge < -0.3 is 24.8 Å². The maximum Gasteiger partial charge on any atom is 0.295 e. The predicted octanol–water partition coefficient (Wildman–Crippen LogP) is 3.08. The lowest BCUT2D eigenvalue weighted by Crippen LogP contribution is -2.51. The lowest BCUT2D eigenvalue weighted by atomic mass is 9.92. The molecule has 1 saturated heterocycles. The molecule has 2 aliphatic rings. The van der Waals surface area contributed by atoms with Gasteiger partial charge in [-0.3, -0.25) is 4.79 Å². The fourth-order valence-electron chi connectivity index (χ4n) is 4.55. The van der Waals surface area contributed by atoms with Crippen LogP contribution in [-0.4, -0.2) is 58.4 Å². The van der Waals surface area contributed by atoms with Gasteiger partial charge in [0.2, 0.25) is 0 Å². The van der Waals surface area contributed by atoms with Crippen LogP contribution in [0.3, 0.4) is 0 Å². The first-order valence-corrected chi connectivity index (χ1v) is 11.3. The third-order valence-corrected chi connectivity index (χ3v) is 6.62. The highest BCUT2D eigenvalue weighted by Gasteiger charge is 2.45. The second kappa shape index (κ2) is 9.52. The molecule has 1 aromatic heterocycles. The summed E-state index contributed by atoms with van der Waals surface area (Å²) in [5.74, 6) is -2.28. The molecule has 0 saturated carbocycles. The monoisotopic (exact) mass is 476 g/mol. The van der Waals surface area contributed by atoms with Gasteiger partial charge >= 0.3 is 0 Å². The van der Waals surface area contributed by atoms with Gasteiger partial charge in [-0.1, -0.05) is 18.2 Å². The van der Waals surface area contributed by atoms with E-state index in [-0.39, 0.29) is 17.5 Å². The number of benzene rings is 1. The number of halogens is 2. The largest absolute Gasteiger partial charge is 0.390 e. The smallest absolute Gasteiger partial charge is 0.295 e. The first-order chi connectivity index (χ1) is 16.2. The van der Waals surface area contributed by atoms with Crippen molar-refractivity contribution in [3.63, 3.8) is 0 Å². The number of aliphatic hydroxyl groups is 1. The number of carbonyl (C=O) groups is 1. The van der Waals surface area contributed by atoms with Crippen molar-refractivity contribution >= 4 is 11.7 Å². The van der Waals surface area contributed by atoms with Crippen LogP contribution in [0, 0.1) is 6.92 Å². The van der Waals surface area contributed by atoms with E-state index in [0.717, 1.165) is 11.3 Å². The van der Waals surface area contributed by atoms with E-state index in [2.05, 4.69) is 15.3 Å². The van der Waals surface area contributed by atoms with Gasteiger partial charge in [-0.15, -0.1) is 0 Å². The van der Waals surface area contributed by atoms with Gasteiger partial charge in [0.05, 0.1) is 18.8 Å². The van der Waals surface area contributed by atoms with E-state index in [4.69, 9.17) is 14.6 Å². The highest BCUT2D eigenvalue weighted by atomic mass is 19.3. The van der Waals surface area contributed by atoms with Gasteiger partial charge in [-0.25, -0.2) is 9.97 Å². The zero-order valence-corrected chi connectivity index (χ0v) is 19.6. The van der Waals surface area contributed by atoms with Crippen molar-refractivity contribution in [1.29, 1.82) is 0 Å². The van der Waals surface area contributed by atoms with E-state index < -0.39 is 18.1 Å². The van der Waals surface area contributed by atoms with Crippen LogP contribution in [0.2, 0.25) is 0 Å². The van der Waals surface area contributed by atoms with Gasteiger partial charge in [0.1, 0.15) is 18.2 Å². The minimum atomic E-state index is -3.31. The molecule has 2 aliphatic heterocycles. The number of methoxy groups -OCH3 is 1. The third-order valence-electron chi connectivity index (χ3n) is 6.62. The van der Waals surface area contributed by atoms with Crippen LogP contribution in [0.5, 0.6) is 0 Å². The molecule has 10 heteroatoms. The number of hydrogen-bond donors (Lipinski definition) is 2. The molecule has 2 N–H and O–H groups in total. The number of ether oxygens (including phenoxy) is 2. The van der Waals surface area contributed by atoms with Crippen LogP contribution in [0.15, 0.2) is 24.3 Å². The Bertz CT molecular complexity index is 1060. The SMILES string of the molecule is COC1(C(=O)N2Cc3nc(C)nc(N[C@H](C)c4cccc(C(F)(F)CO)c4)c3C2)CCOCC1. The quantitative estimate of drug-likeness (QED) is 0.634. The summed E-state index contributed by atoms with van der Waals surface area (Å²) in [4.78, 5) is 24.2. The maximum atomic E-state index is 14.0. The summed E-state index contributed by atoms with van der Waals surface area (Å²) >= 11 is 0. The number of aromatic nitrogens is 2. The number of nitrogens with zero attached hydrogens (tertiary/aromatic N) is 3. The fourth-order valence-corrected chi connectivity index (χ4v) is 4.55. The molecule has 34 heavy (non-hydrogen) atoms. The minimum absolute atomic E-state index is 0.0908. The standard InChI is InChI=1S/C24H30F2N4O4/c1-15(17-5-4-6-18(11-17)24(25,26)14-31)27-21-19-12-30(13-20(19)28-16(2)29-21)22(32)23(33-3)7-9-34-10-8-23/h4-6,11,15,31H,7-10,12-14H2,1-3H3,(H,27,28,29)/t15-/m1/s1. The van der Waals surface area contributed by atoms with E-state index in [1.54, 1.807) is 31.1 Å². The van der Waals surface area contributed by atoms with Crippen LogP contribution in [0.4, 0.5) is 14.6 Å². The van der Waals surface area contributed by atoms with E-state index in [9.17, 15) is 13.6 Å². The Morgan fingerprint density at radius 1 is 1.32 bits per heavy atom. The van der Waals surface area contributed by atoms with Crippen molar-refractivity contribution in [2.24, 2.45) is 0 Å². The molecular weight excluding hydrogens is 446 g/mol. The lowest BCUT2D eigenvalue weighted by Gasteiger charge is -2.37. The summed E-state index contributed by atoms with van der Waals surface area (Å²) in [6.45, 7) is 3.99. The number of anilines is 1. The molecule has 1 fully saturated rings. The average molecular weight is 477 g/mol. The molecule has 0 unspecified atom stereocenters. The van der Waals surface area contributed by atoms with Crippen molar-refractivity contribution in [2.75, 3.05) is 32.2 Å². The Morgan fingerprint density at radius 3 is 2.74 bits per heavy atom. The van der Waals surface area contributed by atoms with Crippen LogP contribution < -0.4 is 5.32 Å². The molecule has 2 aromatic rings. The number of amides is 1. The molecule has 0 bridgehead atoms. The minimum Gasteiger partial charge on any atom is -0.390 e. The van der Waals surface area contributed by atoms with Gasteiger partial charge in [0, 0.05) is 50.3 Å². The molecule has 1 atom stereocenters. The number of fused-ring (bicyclic) bond motifs is 1. The molecule has 184 valence electrons. The fraction of sp³-hybridized carbons (Fsp3) is 0.542. The summed E-state index contributed by atoms with van der Waals surface area (Å²) in [5.41, 5.74) is 1.04. The zero-order chi connectivity index (χ0) is 24.5. The molecule has 4 rings (SSSR count). The highest BCUT2D eigenvalue weighted by molar-refractivity contribution is 5.86. The Morgan fingerprint density at radius 2 is 2.06 bits per heavy atom. The molecule has 3 heterocycles. The summed E-state index contributed by atoms with van der Waals surface area (Å²) in [6.07, 6.45) is 0.994. The summed E-state index contributed by atoms with van der Waals surface area (Å²) in [6, 6.07) is 5.61. The van der Waals surface area contributed by atoms with Crippen LogP contribution in [-0.2, 0) is 33.3 Å². The normalized spacial score (nSPS) is 18.5. The average Bonchev–Trinajstić information content (AvgIpc) is 3.28. The number of aryl methyl sites for hydroxylation is 1. The van der Waals surface area contributed by atoms with Crippen molar-refractivity contribution in [2.45, 2.75) is 57.3 Å². The topological polar surface area (TPSA) is 96.8 Å². The lowest BCUT2D eigenvalue weighted by molar-refractivity contribution is -0.167. The summed E-state index contributed by atoms with van der Waals surface area (Å²) in [5, 5.41) is 12.3. The van der Waals surface area contributed by atoms with Gasteiger partial charge in [0.25, 0.3) is 11.8 Å². The van der Waals surface area contributed by atoms with E-state index >= 15 is 0 Å². The number of hydrogen-bond acceptors (Lipinski definition) is 7. The van der Waals surface area contributed by atoms with Gasteiger partial charge in [-0.2, -0.15) is 8.78 Å². The Balaban J connectivity index is 1.56. The Labute approximate surface area is 197 Å². The van der Waals surface area contributed by atoms with E-state index in [1.165, 1.54) is 12.1 Å². The van der Waals surface area contributed by atoms with E-state index in [1.807, 2.05) is 6.92 Å². The second-order valence-electron chi connectivity index (χ2n) is 8.87. The number of aliphatic hydroxyl groups excluding tert-OH is 1. The van der Waals surface area contributed by atoms with E-state index in [0.29, 0.717) is 56.4 Å². The number of carbonyl (C=O) groups excluding carboxylic acids is 1. The first kappa shape index (κ1) is 24.4.